The summed E-state index contributed by atoms with van der Waals surface area (Å²) in [6, 6.07) is 0. The molecule has 1 N–H and O–H groups in total. The van der Waals surface area contributed by atoms with Crippen molar-refractivity contribution >= 4 is 6.09 Å². The second kappa shape index (κ2) is 5.89. The number of carbonyl (C=O) groups is 1. The number of carbonyl (C=O) groups excluding carboxylic acids is 1. The quantitative estimate of drug-likeness (QED) is 0.758. The van der Waals surface area contributed by atoms with Gasteiger partial charge in [-0.1, -0.05) is 26.2 Å². The minimum Gasteiger partial charge on any atom is -0.453 e. The van der Waals surface area contributed by atoms with Crippen molar-refractivity contribution in [3.63, 3.8) is 0 Å². The summed E-state index contributed by atoms with van der Waals surface area (Å²) in [6.45, 7) is 3.07. The Morgan fingerprint density at radius 3 is 2.93 bits per heavy atom. The van der Waals surface area contributed by atoms with Gasteiger partial charge >= 0.3 is 6.09 Å². The summed E-state index contributed by atoms with van der Waals surface area (Å²) in [5.41, 5.74) is 0. The highest BCUT2D eigenvalue weighted by molar-refractivity contribution is 5.66. The Hall–Kier alpha value is -0.730. The summed E-state index contributed by atoms with van der Waals surface area (Å²) in [5, 5.41) is 2.73. The number of hydrogen-bond donors (Lipinski definition) is 1. The van der Waals surface area contributed by atoms with E-state index in [1.807, 2.05) is 0 Å². The number of methoxy groups -OCH3 is 1. The molecule has 14 heavy (non-hydrogen) atoms. The first-order chi connectivity index (χ1) is 6.72. The van der Waals surface area contributed by atoms with Gasteiger partial charge in [-0.3, -0.25) is 0 Å². The Kier molecular flexibility index (Phi) is 4.77. The van der Waals surface area contributed by atoms with E-state index in [1.54, 1.807) is 0 Å². The normalized spacial score (nSPS) is 27.0. The molecule has 2 unspecified atom stereocenters. The molecule has 0 spiro atoms. The van der Waals surface area contributed by atoms with Crippen LogP contribution in [0.1, 0.15) is 39.0 Å². The molecule has 1 aliphatic rings. The van der Waals surface area contributed by atoms with E-state index < -0.39 is 0 Å². The van der Waals surface area contributed by atoms with Gasteiger partial charge in [0.25, 0.3) is 0 Å². The van der Waals surface area contributed by atoms with E-state index in [2.05, 4.69) is 17.0 Å². The van der Waals surface area contributed by atoms with Gasteiger partial charge in [0.05, 0.1) is 7.11 Å². The second-order valence-electron chi connectivity index (χ2n) is 4.34. The third-order valence-electron chi connectivity index (χ3n) is 3.05. The topological polar surface area (TPSA) is 38.3 Å². The molecule has 1 saturated carbocycles. The fourth-order valence-corrected chi connectivity index (χ4v) is 2.27. The Morgan fingerprint density at radius 1 is 1.50 bits per heavy atom. The molecule has 2 atom stereocenters. The molecule has 82 valence electrons. The van der Waals surface area contributed by atoms with Crippen molar-refractivity contribution in [1.82, 2.24) is 5.32 Å². The second-order valence-corrected chi connectivity index (χ2v) is 4.34. The molecule has 0 aliphatic heterocycles. The van der Waals surface area contributed by atoms with E-state index in [4.69, 9.17) is 0 Å². The van der Waals surface area contributed by atoms with Crippen molar-refractivity contribution in [1.29, 1.82) is 0 Å². The van der Waals surface area contributed by atoms with Gasteiger partial charge in [-0.05, 0) is 24.7 Å². The zero-order valence-electron chi connectivity index (χ0n) is 9.21. The minimum absolute atomic E-state index is 0.311. The summed E-state index contributed by atoms with van der Waals surface area (Å²) < 4.78 is 4.51. The van der Waals surface area contributed by atoms with E-state index in [-0.39, 0.29) is 6.09 Å². The first-order valence-corrected chi connectivity index (χ1v) is 5.54. The molecule has 0 saturated heterocycles. The molecule has 3 nitrogen and oxygen atoms in total. The molecule has 0 aromatic carbocycles. The van der Waals surface area contributed by atoms with E-state index in [1.165, 1.54) is 32.8 Å². The molecular weight excluding hydrogens is 178 g/mol. The number of amides is 1. The van der Waals surface area contributed by atoms with Crippen molar-refractivity contribution in [3.05, 3.63) is 0 Å². The average molecular weight is 199 g/mol. The highest BCUT2D eigenvalue weighted by Gasteiger charge is 2.18. The molecule has 3 heteroatoms. The lowest BCUT2D eigenvalue weighted by atomic mass is 9.81. The fraction of sp³-hybridized carbons (Fsp3) is 0.909. The van der Waals surface area contributed by atoms with Gasteiger partial charge in [-0.25, -0.2) is 4.79 Å². The number of hydrogen-bond acceptors (Lipinski definition) is 2. The molecule has 1 rings (SSSR count). The predicted molar refractivity (Wildman–Crippen MR) is 56.1 cm³/mol. The van der Waals surface area contributed by atoms with Gasteiger partial charge in [-0.2, -0.15) is 0 Å². The van der Waals surface area contributed by atoms with Crippen LogP contribution in [0.3, 0.4) is 0 Å². The highest BCUT2D eigenvalue weighted by Crippen LogP contribution is 2.30. The third kappa shape index (κ3) is 3.99. The largest absolute Gasteiger partial charge is 0.453 e. The molecule has 0 aromatic rings. The van der Waals surface area contributed by atoms with Crippen LogP contribution in [0.15, 0.2) is 0 Å². The van der Waals surface area contributed by atoms with Gasteiger partial charge in [0.2, 0.25) is 0 Å². The van der Waals surface area contributed by atoms with Crippen molar-refractivity contribution < 1.29 is 9.53 Å². The lowest BCUT2D eigenvalue weighted by Crippen LogP contribution is -2.26. The third-order valence-corrected chi connectivity index (χ3v) is 3.05. The zero-order valence-corrected chi connectivity index (χ0v) is 9.21. The Labute approximate surface area is 86.2 Å². The van der Waals surface area contributed by atoms with Crippen LogP contribution in [0.5, 0.6) is 0 Å². The van der Waals surface area contributed by atoms with E-state index in [0.717, 1.165) is 24.8 Å². The van der Waals surface area contributed by atoms with Crippen LogP contribution >= 0.6 is 0 Å². The van der Waals surface area contributed by atoms with Crippen LogP contribution in [0, 0.1) is 11.8 Å². The number of ether oxygens (including phenoxy) is 1. The van der Waals surface area contributed by atoms with E-state index in [9.17, 15) is 4.79 Å². The molecule has 0 heterocycles. The summed E-state index contributed by atoms with van der Waals surface area (Å²) in [5.74, 6) is 1.67. The summed E-state index contributed by atoms with van der Waals surface area (Å²) in [6.07, 6.45) is 6.16. The monoisotopic (exact) mass is 199 g/mol. The average Bonchev–Trinajstić information content (AvgIpc) is 2.17. The van der Waals surface area contributed by atoms with Crippen molar-refractivity contribution in [3.8, 4) is 0 Å². The molecular formula is C11H21NO2. The van der Waals surface area contributed by atoms with Crippen LogP contribution in [-0.4, -0.2) is 19.7 Å². The molecule has 1 amide bonds. The molecule has 0 radical (unpaired) electrons. The standard InChI is InChI=1S/C11H21NO2/c1-9-4-3-5-10(8-9)6-7-12-11(13)14-2/h9-10H,3-8H2,1-2H3,(H,12,13). The van der Waals surface area contributed by atoms with Gasteiger partial charge in [-0.15, -0.1) is 0 Å². The molecule has 1 fully saturated rings. The van der Waals surface area contributed by atoms with Crippen LogP contribution < -0.4 is 5.32 Å². The van der Waals surface area contributed by atoms with Gasteiger partial charge in [0.1, 0.15) is 0 Å². The Bertz CT molecular complexity index is 182. The lowest BCUT2D eigenvalue weighted by molar-refractivity contribution is 0.169. The summed E-state index contributed by atoms with van der Waals surface area (Å²) in [7, 11) is 1.40. The maximum Gasteiger partial charge on any atom is 0.406 e. The number of nitrogens with one attached hydrogen (secondary N) is 1. The minimum atomic E-state index is -0.311. The summed E-state index contributed by atoms with van der Waals surface area (Å²) in [4.78, 5) is 10.8. The van der Waals surface area contributed by atoms with Crippen LogP contribution in [0.2, 0.25) is 0 Å². The fourth-order valence-electron chi connectivity index (χ4n) is 2.27. The van der Waals surface area contributed by atoms with Crippen molar-refractivity contribution in [2.24, 2.45) is 11.8 Å². The Balaban J connectivity index is 2.08. The van der Waals surface area contributed by atoms with Crippen molar-refractivity contribution in [2.75, 3.05) is 13.7 Å². The molecule has 0 aromatic heterocycles. The van der Waals surface area contributed by atoms with Gasteiger partial charge in [0, 0.05) is 6.54 Å². The Morgan fingerprint density at radius 2 is 2.29 bits per heavy atom. The number of alkyl carbamates (subject to hydrolysis) is 1. The zero-order chi connectivity index (χ0) is 10.4. The van der Waals surface area contributed by atoms with Crippen molar-refractivity contribution in [2.45, 2.75) is 39.0 Å². The maximum atomic E-state index is 10.8. The first kappa shape index (κ1) is 11.3. The van der Waals surface area contributed by atoms with Crippen LogP contribution in [-0.2, 0) is 4.74 Å². The number of rotatable bonds is 3. The van der Waals surface area contributed by atoms with Crippen LogP contribution in [0.4, 0.5) is 4.79 Å². The first-order valence-electron chi connectivity index (χ1n) is 5.54. The maximum absolute atomic E-state index is 10.8. The smallest absolute Gasteiger partial charge is 0.406 e. The molecule has 1 aliphatic carbocycles. The van der Waals surface area contributed by atoms with E-state index in [0.29, 0.717) is 0 Å². The lowest BCUT2D eigenvalue weighted by Gasteiger charge is -2.26. The highest BCUT2D eigenvalue weighted by atomic mass is 16.5. The summed E-state index contributed by atoms with van der Waals surface area (Å²) >= 11 is 0. The predicted octanol–water partition coefficient (Wildman–Crippen LogP) is 2.56. The van der Waals surface area contributed by atoms with Crippen LogP contribution in [0.25, 0.3) is 0 Å². The van der Waals surface area contributed by atoms with Gasteiger partial charge < -0.3 is 10.1 Å². The SMILES string of the molecule is COC(=O)NCCC1CCCC(C)C1. The van der Waals surface area contributed by atoms with Gasteiger partial charge in [0.15, 0.2) is 0 Å². The van der Waals surface area contributed by atoms with E-state index >= 15 is 0 Å². The molecule has 0 bridgehead atoms.